The van der Waals surface area contributed by atoms with Crippen molar-refractivity contribution in [3.05, 3.63) is 57.9 Å². The van der Waals surface area contributed by atoms with Crippen LogP contribution < -0.4 is 5.56 Å². The smallest absolute Gasteiger partial charge is 0.258 e. The Morgan fingerprint density at radius 1 is 1.27 bits per heavy atom. The van der Waals surface area contributed by atoms with Gasteiger partial charge >= 0.3 is 0 Å². The van der Waals surface area contributed by atoms with Crippen molar-refractivity contribution < 1.29 is 0 Å². The SMILES string of the molecule is Cc1cccc2c(=O)[nH]c(CSC3CCN(Cc4cc[nH]n4)CC3)nc12. The number of hydrogen-bond donors (Lipinski definition) is 2. The number of aromatic amines is 2. The van der Waals surface area contributed by atoms with Crippen LogP contribution in [0.25, 0.3) is 10.9 Å². The van der Waals surface area contributed by atoms with Crippen LogP contribution in [-0.2, 0) is 12.3 Å². The van der Waals surface area contributed by atoms with E-state index in [9.17, 15) is 4.79 Å². The third-order valence-electron chi connectivity index (χ3n) is 4.92. The number of nitrogens with one attached hydrogen (secondary N) is 2. The van der Waals surface area contributed by atoms with Gasteiger partial charge in [0.15, 0.2) is 0 Å². The Bertz CT molecular complexity index is 929. The molecule has 0 bridgehead atoms. The number of benzene rings is 1. The molecule has 6 nitrogen and oxygen atoms in total. The van der Waals surface area contributed by atoms with Crippen molar-refractivity contribution in [2.45, 2.75) is 37.3 Å². The lowest BCUT2D eigenvalue weighted by molar-refractivity contribution is 0.222. The fourth-order valence-electron chi connectivity index (χ4n) is 3.46. The lowest BCUT2D eigenvalue weighted by Gasteiger charge is -2.31. The fourth-order valence-corrected chi connectivity index (χ4v) is 4.53. The van der Waals surface area contributed by atoms with Gasteiger partial charge < -0.3 is 4.98 Å². The summed E-state index contributed by atoms with van der Waals surface area (Å²) in [5.41, 5.74) is 2.93. The lowest BCUT2D eigenvalue weighted by Crippen LogP contribution is -2.34. The molecule has 136 valence electrons. The second kappa shape index (κ2) is 7.63. The number of fused-ring (bicyclic) bond motifs is 1. The van der Waals surface area contributed by atoms with Crippen LogP contribution in [0, 0.1) is 6.92 Å². The highest BCUT2D eigenvalue weighted by Crippen LogP contribution is 2.26. The molecule has 7 heteroatoms. The van der Waals surface area contributed by atoms with Crippen molar-refractivity contribution in [2.24, 2.45) is 0 Å². The van der Waals surface area contributed by atoms with Crippen molar-refractivity contribution >= 4 is 22.7 Å². The molecule has 3 heterocycles. The Labute approximate surface area is 156 Å². The van der Waals surface area contributed by atoms with E-state index in [0.717, 1.165) is 60.8 Å². The van der Waals surface area contributed by atoms with Gasteiger partial charge in [-0.2, -0.15) is 16.9 Å². The van der Waals surface area contributed by atoms with Crippen LogP contribution in [0.15, 0.2) is 35.3 Å². The van der Waals surface area contributed by atoms with E-state index in [2.05, 4.69) is 25.1 Å². The van der Waals surface area contributed by atoms with E-state index in [4.69, 9.17) is 0 Å². The molecule has 0 atom stereocenters. The predicted octanol–water partition coefficient (Wildman–Crippen LogP) is 2.85. The maximum atomic E-state index is 12.3. The molecule has 1 aliphatic rings. The third-order valence-corrected chi connectivity index (χ3v) is 6.30. The molecule has 1 aromatic carbocycles. The zero-order valence-electron chi connectivity index (χ0n) is 14.9. The molecule has 1 fully saturated rings. The van der Waals surface area contributed by atoms with Gasteiger partial charge in [-0.15, -0.1) is 0 Å². The molecule has 0 saturated carbocycles. The highest BCUT2D eigenvalue weighted by Gasteiger charge is 2.20. The quantitative estimate of drug-likeness (QED) is 0.723. The van der Waals surface area contributed by atoms with Crippen molar-refractivity contribution in [1.29, 1.82) is 0 Å². The van der Waals surface area contributed by atoms with Crippen molar-refractivity contribution in [1.82, 2.24) is 25.1 Å². The minimum atomic E-state index is -0.0388. The summed E-state index contributed by atoms with van der Waals surface area (Å²) >= 11 is 1.90. The average molecular weight is 369 g/mol. The molecular formula is C19H23N5OS. The molecule has 4 rings (SSSR count). The van der Waals surface area contributed by atoms with Crippen LogP contribution in [0.3, 0.4) is 0 Å². The predicted molar refractivity (Wildman–Crippen MR) is 105 cm³/mol. The number of aromatic nitrogens is 4. The van der Waals surface area contributed by atoms with Gasteiger partial charge in [0.1, 0.15) is 5.82 Å². The minimum Gasteiger partial charge on any atom is -0.309 e. The minimum absolute atomic E-state index is 0.0388. The number of likely N-dealkylation sites (tertiary alicyclic amines) is 1. The van der Waals surface area contributed by atoms with Gasteiger partial charge in [0.25, 0.3) is 5.56 Å². The zero-order valence-corrected chi connectivity index (χ0v) is 15.7. The van der Waals surface area contributed by atoms with Crippen LogP contribution in [0.4, 0.5) is 0 Å². The number of aryl methyl sites for hydroxylation is 1. The zero-order chi connectivity index (χ0) is 17.9. The molecule has 1 aliphatic heterocycles. The molecule has 0 aliphatic carbocycles. The number of thioether (sulfide) groups is 1. The van der Waals surface area contributed by atoms with Crippen LogP contribution in [-0.4, -0.2) is 43.4 Å². The summed E-state index contributed by atoms with van der Waals surface area (Å²) < 4.78 is 0. The molecule has 0 radical (unpaired) electrons. The standard InChI is InChI=1S/C19H23N5OS/c1-13-3-2-4-16-18(13)21-17(22-19(16)25)12-26-15-6-9-24(10-7-15)11-14-5-8-20-23-14/h2-5,8,15H,6-7,9-12H2,1H3,(H,20,23)(H,21,22,25). The second-order valence-electron chi connectivity index (χ2n) is 6.84. The summed E-state index contributed by atoms with van der Waals surface area (Å²) in [7, 11) is 0. The molecule has 26 heavy (non-hydrogen) atoms. The van der Waals surface area contributed by atoms with Crippen LogP contribution >= 0.6 is 11.8 Å². The van der Waals surface area contributed by atoms with E-state index in [1.807, 2.05) is 49.1 Å². The molecule has 2 aromatic heterocycles. The maximum absolute atomic E-state index is 12.3. The number of piperidine rings is 1. The summed E-state index contributed by atoms with van der Waals surface area (Å²) in [5.74, 6) is 1.53. The first-order chi connectivity index (χ1) is 12.7. The summed E-state index contributed by atoms with van der Waals surface area (Å²) in [6.45, 7) is 5.09. The first-order valence-corrected chi connectivity index (χ1v) is 10.0. The summed E-state index contributed by atoms with van der Waals surface area (Å²) in [4.78, 5) is 22.4. The molecule has 0 spiro atoms. The molecule has 0 amide bonds. The third kappa shape index (κ3) is 3.83. The summed E-state index contributed by atoms with van der Waals surface area (Å²) in [5, 5.41) is 8.39. The van der Waals surface area contributed by atoms with Gasteiger partial charge in [0.05, 0.1) is 22.3 Å². The fraction of sp³-hybridized carbons (Fsp3) is 0.421. The summed E-state index contributed by atoms with van der Waals surface area (Å²) in [6, 6.07) is 7.77. The molecule has 0 unspecified atom stereocenters. The van der Waals surface area contributed by atoms with Gasteiger partial charge in [-0.3, -0.25) is 14.8 Å². The van der Waals surface area contributed by atoms with Crippen LogP contribution in [0.5, 0.6) is 0 Å². The monoisotopic (exact) mass is 369 g/mol. The van der Waals surface area contributed by atoms with E-state index in [1.54, 1.807) is 0 Å². The molecule has 1 saturated heterocycles. The lowest BCUT2D eigenvalue weighted by atomic mass is 10.1. The Morgan fingerprint density at radius 3 is 2.88 bits per heavy atom. The first-order valence-electron chi connectivity index (χ1n) is 9.00. The average Bonchev–Trinajstić information content (AvgIpc) is 3.15. The molecule has 3 aromatic rings. The van der Waals surface area contributed by atoms with E-state index >= 15 is 0 Å². The number of para-hydroxylation sites is 1. The van der Waals surface area contributed by atoms with E-state index in [-0.39, 0.29) is 5.56 Å². The number of H-pyrrole nitrogens is 2. The van der Waals surface area contributed by atoms with E-state index in [0.29, 0.717) is 10.6 Å². The topological polar surface area (TPSA) is 77.7 Å². The maximum Gasteiger partial charge on any atom is 0.258 e. The normalized spacial score (nSPS) is 16.3. The van der Waals surface area contributed by atoms with Gasteiger partial charge in [-0.05, 0) is 50.6 Å². The van der Waals surface area contributed by atoms with Crippen LogP contribution in [0.1, 0.15) is 29.9 Å². The van der Waals surface area contributed by atoms with Crippen molar-refractivity contribution in [2.75, 3.05) is 13.1 Å². The molecular weight excluding hydrogens is 346 g/mol. The largest absolute Gasteiger partial charge is 0.309 e. The van der Waals surface area contributed by atoms with E-state index < -0.39 is 0 Å². The van der Waals surface area contributed by atoms with Gasteiger partial charge in [0, 0.05) is 18.0 Å². The Kier molecular flexibility index (Phi) is 5.08. The second-order valence-corrected chi connectivity index (χ2v) is 8.12. The van der Waals surface area contributed by atoms with Gasteiger partial charge in [-0.1, -0.05) is 12.1 Å². The molecule has 2 N–H and O–H groups in total. The highest BCUT2D eigenvalue weighted by molar-refractivity contribution is 7.99. The highest BCUT2D eigenvalue weighted by atomic mass is 32.2. The Hall–Kier alpha value is -2.12. The van der Waals surface area contributed by atoms with Gasteiger partial charge in [-0.25, -0.2) is 4.98 Å². The summed E-state index contributed by atoms with van der Waals surface area (Å²) in [6.07, 6.45) is 4.19. The number of hydrogen-bond acceptors (Lipinski definition) is 5. The number of nitrogens with zero attached hydrogens (tertiary/aromatic N) is 3. The Balaban J connectivity index is 1.34. The van der Waals surface area contributed by atoms with Crippen LogP contribution in [0.2, 0.25) is 0 Å². The first kappa shape index (κ1) is 17.3. The van der Waals surface area contributed by atoms with Gasteiger partial charge in [0.2, 0.25) is 0 Å². The van der Waals surface area contributed by atoms with Crippen molar-refractivity contribution in [3.63, 3.8) is 0 Å². The Morgan fingerprint density at radius 2 is 2.12 bits per heavy atom. The van der Waals surface area contributed by atoms with E-state index in [1.165, 1.54) is 0 Å². The van der Waals surface area contributed by atoms with Crippen molar-refractivity contribution in [3.8, 4) is 0 Å². The number of rotatable bonds is 5.